The van der Waals surface area contributed by atoms with Gasteiger partial charge >= 0.3 is 6.18 Å². The maximum Gasteiger partial charge on any atom is 0.439 e. The summed E-state index contributed by atoms with van der Waals surface area (Å²) in [4.78, 5) is 11.9. The summed E-state index contributed by atoms with van der Waals surface area (Å²) in [6, 6.07) is 0. The highest BCUT2D eigenvalue weighted by molar-refractivity contribution is 5.93. The molecule has 4 nitrogen and oxygen atoms in total. The first-order valence-electron chi connectivity index (χ1n) is 6.40. The zero-order valence-corrected chi connectivity index (χ0v) is 10.9. The summed E-state index contributed by atoms with van der Waals surface area (Å²) in [6.07, 6.45) is -2.95. The van der Waals surface area contributed by atoms with E-state index in [0.29, 0.717) is 18.6 Å². The standard InChI is InChI=1S/C12H17F3N2O2/c1-7(2)10(18)17-11(19,12(13,14)15)8-5-3-4-6-9(8)16-17/h7-8,19H,3-6H2,1-2H3/t8-,11+/m1/s1. The Morgan fingerprint density at radius 2 is 2.11 bits per heavy atom. The van der Waals surface area contributed by atoms with Crippen LogP contribution in [-0.2, 0) is 4.79 Å². The monoisotopic (exact) mass is 278 g/mol. The minimum Gasteiger partial charge on any atom is -0.362 e. The first-order chi connectivity index (χ1) is 8.69. The molecule has 1 aliphatic carbocycles. The van der Waals surface area contributed by atoms with Gasteiger partial charge in [-0.15, -0.1) is 0 Å². The lowest BCUT2D eigenvalue weighted by Gasteiger charge is -2.38. The number of rotatable bonds is 1. The molecule has 1 amide bonds. The molecule has 1 aliphatic heterocycles. The lowest BCUT2D eigenvalue weighted by atomic mass is 9.80. The van der Waals surface area contributed by atoms with Crippen molar-refractivity contribution in [2.24, 2.45) is 16.9 Å². The van der Waals surface area contributed by atoms with Crippen LogP contribution in [0.2, 0.25) is 0 Å². The third-order valence-corrected chi connectivity index (χ3v) is 3.74. The molecule has 0 spiro atoms. The van der Waals surface area contributed by atoms with E-state index < -0.39 is 29.6 Å². The molecule has 1 N–H and O–H groups in total. The van der Waals surface area contributed by atoms with Crippen LogP contribution in [-0.4, -0.2) is 33.6 Å². The highest BCUT2D eigenvalue weighted by Crippen LogP contribution is 2.48. The predicted octanol–water partition coefficient (Wildman–Crippen LogP) is 2.28. The molecule has 0 aromatic heterocycles. The number of hydrazone groups is 1. The normalized spacial score (nSPS) is 31.4. The van der Waals surface area contributed by atoms with E-state index in [4.69, 9.17) is 0 Å². The van der Waals surface area contributed by atoms with E-state index in [9.17, 15) is 23.1 Å². The van der Waals surface area contributed by atoms with Gasteiger partial charge in [-0.25, -0.2) is 0 Å². The smallest absolute Gasteiger partial charge is 0.362 e. The molecule has 0 aromatic carbocycles. The van der Waals surface area contributed by atoms with Crippen molar-refractivity contribution in [2.75, 3.05) is 0 Å². The number of halogens is 3. The maximum absolute atomic E-state index is 13.3. The van der Waals surface area contributed by atoms with Crippen molar-refractivity contribution >= 4 is 11.6 Å². The molecule has 0 saturated heterocycles. The van der Waals surface area contributed by atoms with Gasteiger partial charge in [0.25, 0.3) is 5.72 Å². The molecule has 0 aromatic rings. The summed E-state index contributed by atoms with van der Waals surface area (Å²) < 4.78 is 39.8. The van der Waals surface area contributed by atoms with Crippen LogP contribution in [0.1, 0.15) is 39.5 Å². The van der Waals surface area contributed by atoms with Gasteiger partial charge < -0.3 is 5.11 Å². The van der Waals surface area contributed by atoms with Crippen LogP contribution in [0.5, 0.6) is 0 Å². The van der Waals surface area contributed by atoms with Crippen molar-refractivity contribution in [1.29, 1.82) is 0 Å². The van der Waals surface area contributed by atoms with Crippen LogP contribution >= 0.6 is 0 Å². The largest absolute Gasteiger partial charge is 0.439 e. The van der Waals surface area contributed by atoms with Crippen LogP contribution in [0.3, 0.4) is 0 Å². The number of amides is 1. The summed E-state index contributed by atoms with van der Waals surface area (Å²) in [5.41, 5.74) is -2.88. The van der Waals surface area contributed by atoms with E-state index in [1.54, 1.807) is 0 Å². The molecule has 108 valence electrons. The van der Waals surface area contributed by atoms with E-state index in [-0.39, 0.29) is 11.4 Å². The Bertz CT molecular complexity index is 420. The lowest BCUT2D eigenvalue weighted by molar-refractivity contribution is -0.317. The van der Waals surface area contributed by atoms with Crippen LogP contribution in [0.4, 0.5) is 13.2 Å². The van der Waals surface area contributed by atoms with Crippen LogP contribution < -0.4 is 0 Å². The van der Waals surface area contributed by atoms with E-state index >= 15 is 0 Å². The minimum atomic E-state index is -4.91. The van der Waals surface area contributed by atoms with Gasteiger partial charge in [-0.2, -0.15) is 23.3 Å². The Morgan fingerprint density at radius 1 is 1.47 bits per heavy atom. The highest BCUT2D eigenvalue weighted by Gasteiger charge is 2.68. The lowest BCUT2D eigenvalue weighted by Crippen LogP contribution is -2.62. The highest BCUT2D eigenvalue weighted by atomic mass is 19.4. The van der Waals surface area contributed by atoms with Gasteiger partial charge in [0.05, 0.1) is 5.92 Å². The second-order valence-corrected chi connectivity index (χ2v) is 5.42. The number of hydrogen-bond donors (Lipinski definition) is 1. The van der Waals surface area contributed by atoms with Crippen molar-refractivity contribution in [3.05, 3.63) is 0 Å². The Labute approximate surface area is 109 Å². The third kappa shape index (κ3) is 2.04. The number of hydrogen-bond acceptors (Lipinski definition) is 3. The average Bonchev–Trinajstić information content (AvgIpc) is 2.63. The van der Waals surface area contributed by atoms with Gasteiger partial charge in [-0.3, -0.25) is 4.79 Å². The van der Waals surface area contributed by atoms with Gasteiger partial charge in [0.2, 0.25) is 5.91 Å². The molecule has 2 aliphatic rings. The van der Waals surface area contributed by atoms with E-state index in [2.05, 4.69) is 5.10 Å². The molecular weight excluding hydrogens is 261 g/mol. The molecule has 0 bridgehead atoms. The molecule has 0 radical (unpaired) electrons. The number of alkyl halides is 3. The molecule has 0 unspecified atom stereocenters. The van der Waals surface area contributed by atoms with Gasteiger partial charge in [-0.05, 0) is 19.3 Å². The molecule has 7 heteroatoms. The summed E-state index contributed by atoms with van der Waals surface area (Å²) >= 11 is 0. The number of aliphatic hydroxyl groups is 1. The number of carbonyl (C=O) groups is 1. The summed E-state index contributed by atoms with van der Waals surface area (Å²) in [5, 5.41) is 14.2. The fraction of sp³-hybridized carbons (Fsp3) is 0.833. The molecule has 2 atom stereocenters. The van der Waals surface area contributed by atoms with E-state index in [1.165, 1.54) is 13.8 Å². The Morgan fingerprint density at radius 3 is 2.63 bits per heavy atom. The van der Waals surface area contributed by atoms with Gasteiger partial charge in [0.15, 0.2) is 0 Å². The fourth-order valence-electron chi connectivity index (χ4n) is 2.68. The van der Waals surface area contributed by atoms with Crippen molar-refractivity contribution in [3.63, 3.8) is 0 Å². The fourth-order valence-corrected chi connectivity index (χ4v) is 2.68. The minimum absolute atomic E-state index is 0.205. The molecule has 2 rings (SSSR count). The third-order valence-electron chi connectivity index (χ3n) is 3.74. The van der Waals surface area contributed by atoms with Gasteiger partial charge in [-0.1, -0.05) is 20.3 Å². The Balaban J connectivity index is 2.45. The van der Waals surface area contributed by atoms with Crippen molar-refractivity contribution in [3.8, 4) is 0 Å². The predicted molar refractivity (Wildman–Crippen MR) is 62.1 cm³/mol. The molecule has 1 fully saturated rings. The van der Waals surface area contributed by atoms with Crippen LogP contribution in [0.25, 0.3) is 0 Å². The first kappa shape index (κ1) is 14.3. The van der Waals surface area contributed by atoms with Crippen molar-refractivity contribution in [1.82, 2.24) is 5.01 Å². The van der Waals surface area contributed by atoms with Gasteiger partial charge in [0.1, 0.15) is 0 Å². The second-order valence-electron chi connectivity index (χ2n) is 5.42. The molecule has 1 heterocycles. The molecule has 19 heavy (non-hydrogen) atoms. The number of nitrogens with zero attached hydrogens (tertiary/aromatic N) is 2. The number of carbonyl (C=O) groups excluding carboxylic acids is 1. The Kier molecular flexibility index (Phi) is 3.36. The SMILES string of the molecule is CC(C)C(=O)N1N=C2CCCC[C@H]2[C@]1(O)C(F)(F)F. The van der Waals surface area contributed by atoms with Crippen molar-refractivity contribution < 1.29 is 23.1 Å². The summed E-state index contributed by atoms with van der Waals surface area (Å²) in [7, 11) is 0. The zero-order valence-electron chi connectivity index (χ0n) is 10.9. The quantitative estimate of drug-likeness (QED) is 0.800. The van der Waals surface area contributed by atoms with Gasteiger partial charge in [0, 0.05) is 11.6 Å². The van der Waals surface area contributed by atoms with Crippen LogP contribution in [0, 0.1) is 11.8 Å². The average molecular weight is 278 g/mol. The second kappa shape index (κ2) is 4.47. The van der Waals surface area contributed by atoms with Crippen LogP contribution in [0.15, 0.2) is 5.10 Å². The summed E-state index contributed by atoms with van der Waals surface area (Å²) in [5.74, 6) is -2.58. The Hall–Kier alpha value is -1.11. The zero-order chi connectivity index (χ0) is 14.4. The number of fused-ring (bicyclic) bond motifs is 1. The first-order valence-corrected chi connectivity index (χ1v) is 6.40. The molecule has 1 saturated carbocycles. The summed E-state index contributed by atoms with van der Waals surface area (Å²) in [6.45, 7) is 2.97. The topological polar surface area (TPSA) is 52.9 Å². The maximum atomic E-state index is 13.3. The van der Waals surface area contributed by atoms with E-state index in [1.807, 2.05) is 0 Å². The van der Waals surface area contributed by atoms with E-state index in [0.717, 1.165) is 6.42 Å². The van der Waals surface area contributed by atoms with Crippen molar-refractivity contribution in [2.45, 2.75) is 51.4 Å². The molecular formula is C12H17F3N2O2.